The maximum Gasteiger partial charge on any atom is 0.198 e. The van der Waals surface area contributed by atoms with E-state index in [1.807, 2.05) is 0 Å². The first-order valence-corrected chi connectivity index (χ1v) is 31.8. The third-order valence-corrected chi connectivity index (χ3v) is 18.8. The van der Waals surface area contributed by atoms with Crippen LogP contribution in [0, 0.1) is 11.8 Å². The average molecular weight is 913 g/mol. The van der Waals surface area contributed by atoms with E-state index in [9.17, 15) is 9.79 Å². The highest BCUT2D eigenvalue weighted by Crippen LogP contribution is 2.47. The standard InChI is InChI=1S/C16H37O2PS2.3C12H27N/c1-15(2)11-7-5-9-13-21(19(17,18)20)14-10-6-8-12-16(3)4;3*1-2-3-4-5-6-7-8-9-10-11-12-13/h15-18,20H,5-14H2,1-4H3;3*2-13H2,1H3. The van der Waals surface area contributed by atoms with Gasteiger partial charge in [-0.1, -0.05) is 273 Å². The maximum absolute atomic E-state index is 9.91. The Balaban J connectivity index is -0.000000358. The molecule has 0 spiro atoms. The van der Waals surface area contributed by atoms with Crippen LogP contribution in [0.3, 0.4) is 0 Å². The summed E-state index contributed by atoms with van der Waals surface area (Å²) in [5.41, 5.74) is 13.3. The SMILES string of the molecule is CC(C)CCCCCS(CCCCCC(C)C)=P(O)(O)S.CCCCCCCCCCCCN.CCCCCCCCCCCCN.CCCCCCCCCCCCN. The maximum atomic E-state index is 9.91. The van der Waals surface area contributed by atoms with Gasteiger partial charge in [0.2, 0.25) is 0 Å². The Kier molecular flexibility index (Phi) is 67.4. The third-order valence-electron chi connectivity index (χ3n) is 11.3. The van der Waals surface area contributed by atoms with Gasteiger partial charge in [0.25, 0.3) is 0 Å². The van der Waals surface area contributed by atoms with Gasteiger partial charge in [-0.2, -0.15) is 0 Å². The van der Waals surface area contributed by atoms with Crippen LogP contribution in [0.15, 0.2) is 0 Å². The fraction of sp³-hybridized carbons (Fsp3) is 1.00. The second kappa shape index (κ2) is 59.9. The summed E-state index contributed by atoms with van der Waals surface area (Å²) in [6.07, 6.45) is 51.5. The Morgan fingerprint density at radius 1 is 0.350 bits per heavy atom. The number of unbranched alkanes of at least 4 members (excludes halogenated alkanes) is 31. The Morgan fingerprint density at radius 3 is 0.733 bits per heavy atom. The van der Waals surface area contributed by atoms with Crippen LogP contribution < -0.4 is 17.2 Å². The molecule has 0 aromatic rings. The molecule has 0 saturated carbocycles. The molecule has 0 amide bonds. The molecule has 0 unspecified atom stereocenters. The monoisotopic (exact) mass is 912 g/mol. The molecule has 0 heterocycles. The van der Waals surface area contributed by atoms with E-state index in [2.05, 4.69) is 60.7 Å². The van der Waals surface area contributed by atoms with Gasteiger partial charge in [0, 0.05) is 0 Å². The molecule has 0 aromatic carbocycles. The lowest BCUT2D eigenvalue weighted by atomic mass is 10.1. The third kappa shape index (κ3) is 70.6. The summed E-state index contributed by atoms with van der Waals surface area (Å²) < 4.78 is 0. The van der Waals surface area contributed by atoms with Gasteiger partial charge in [-0.05, 0) is 75.1 Å². The molecular weight excluding hydrogens is 794 g/mol. The lowest BCUT2D eigenvalue weighted by Crippen LogP contribution is -2.05. The molecule has 0 aliphatic heterocycles. The lowest BCUT2D eigenvalue weighted by Gasteiger charge is -2.16. The Hall–Kier alpha value is 0.930. The molecule has 0 aliphatic carbocycles. The highest BCUT2D eigenvalue weighted by Gasteiger charge is 2.11. The van der Waals surface area contributed by atoms with Gasteiger partial charge in [-0.25, -0.2) is 0 Å². The molecule has 0 aromatic heterocycles. The minimum absolute atomic E-state index is 0.284. The van der Waals surface area contributed by atoms with Crippen molar-refractivity contribution < 1.29 is 9.79 Å². The summed E-state index contributed by atoms with van der Waals surface area (Å²) in [6.45, 7) is 18.5. The van der Waals surface area contributed by atoms with E-state index in [4.69, 9.17) is 17.2 Å². The molecule has 0 radical (unpaired) electrons. The first-order chi connectivity index (χ1) is 29.0. The van der Waals surface area contributed by atoms with Crippen molar-refractivity contribution in [1.29, 1.82) is 0 Å². The second-order valence-corrected chi connectivity index (χ2v) is 27.1. The quantitative estimate of drug-likeness (QED) is 0.0207. The van der Waals surface area contributed by atoms with Crippen LogP contribution >= 0.6 is 17.9 Å². The minimum atomic E-state index is -2.94. The molecule has 5 nitrogen and oxygen atoms in total. The molecule has 0 atom stereocenters. The van der Waals surface area contributed by atoms with Crippen molar-refractivity contribution in [3.05, 3.63) is 0 Å². The highest BCUT2D eigenvalue weighted by molar-refractivity contribution is 8.65. The van der Waals surface area contributed by atoms with Crippen LogP contribution in [-0.2, 0) is 10.1 Å². The van der Waals surface area contributed by atoms with Gasteiger partial charge < -0.3 is 27.0 Å². The van der Waals surface area contributed by atoms with Gasteiger partial charge in [-0.15, -0.1) is 10.1 Å². The normalized spacial score (nSPS) is 11.4. The van der Waals surface area contributed by atoms with E-state index in [0.717, 1.165) is 55.8 Å². The van der Waals surface area contributed by atoms with Crippen LogP contribution in [0.25, 0.3) is 0 Å². The van der Waals surface area contributed by atoms with E-state index in [1.54, 1.807) is 0 Å². The van der Waals surface area contributed by atoms with Crippen LogP contribution in [0.2, 0.25) is 0 Å². The van der Waals surface area contributed by atoms with Crippen molar-refractivity contribution in [2.75, 3.05) is 31.1 Å². The predicted octanol–water partition coefficient (Wildman–Crippen LogP) is 17.2. The Morgan fingerprint density at radius 2 is 0.550 bits per heavy atom. The van der Waals surface area contributed by atoms with Gasteiger partial charge in [0.15, 0.2) is 5.69 Å². The molecular formula is C52H118N3O2PS2. The first-order valence-electron chi connectivity index (χ1n) is 26.8. The topological polar surface area (TPSA) is 119 Å². The predicted molar refractivity (Wildman–Crippen MR) is 287 cm³/mol. The van der Waals surface area contributed by atoms with E-state index >= 15 is 0 Å². The van der Waals surface area contributed by atoms with Crippen molar-refractivity contribution in [3.8, 4) is 0 Å². The number of hydrogen-bond acceptors (Lipinski definition) is 3. The number of rotatable bonds is 42. The molecule has 0 aliphatic rings. The number of nitrogens with two attached hydrogens (primary N) is 3. The van der Waals surface area contributed by atoms with E-state index < -0.39 is 5.69 Å². The zero-order chi connectivity index (χ0) is 45.6. The number of hydrogen-bond donors (Lipinski definition) is 6. The number of thiol groups is 1. The van der Waals surface area contributed by atoms with Crippen LogP contribution in [0.1, 0.15) is 292 Å². The van der Waals surface area contributed by atoms with Gasteiger partial charge in [0.05, 0.1) is 0 Å². The van der Waals surface area contributed by atoms with Gasteiger partial charge in [-0.3, -0.25) is 0 Å². The zero-order valence-corrected chi connectivity index (χ0v) is 45.1. The van der Waals surface area contributed by atoms with Crippen molar-refractivity contribution in [3.63, 3.8) is 0 Å². The highest BCUT2D eigenvalue weighted by atomic mass is 32.9. The Bertz CT molecular complexity index is 687. The molecule has 8 N–H and O–H groups in total. The van der Waals surface area contributed by atoms with Crippen LogP contribution in [0.4, 0.5) is 0 Å². The molecule has 370 valence electrons. The summed E-state index contributed by atoms with van der Waals surface area (Å²) in [4.78, 5) is 19.8. The molecule has 8 heteroatoms. The largest absolute Gasteiger partial charge is 0.341 e. The van der Waals surface area contributed by atoms with Crippen molar-refractivity contribution in [1.82, 2.24) is 0 Å². The minimum Gasteiger partial charge on any atom is -0.341 e. The van der Waals surface area contributed by atoms with Gasteiger partial charge >= 0.3 is 0 Å². The molecule has 0 rings (SSSR count). The first kappa shape index (κ1) is 67.5. The molecule has 0 saturated heterocycles. The molecule has 0 fully saturated rings. The fourth-order valence-corrected chi connectivity index (χ4v) is 12.7. The fourth-order valence-electron chi connectivity index (χ4n) is 7.24. The van der Waals surface area contributed by atoms with Crippen LogP contribution in [0.5, 0.6) is 0 Å². The summed E-state index contributed by atoms with van der Waals surface area (Å²) in [7, 11) is -0.284. The average Bonchev–Trinajstić information content (AvgIpc) is 3.21. The summed E-state index contributed by atoms with van der Waals surface area (Å²) in [5, 5.41) is 0. The van der Waals surface area contributed by atoms with E-state index in [-0.39, 0.29) is 10.1 Å². The molecule has 0 bridgehead atoms. The van der Waals surface area contributed by atoms with E-state index in [0.29, 0.717) is 0 Å². The van der Waals surface area contributed by atoms with Crippen LogP contribution in [-0.4, -0.2) is 40.9 Å². The smallest absolute Gasteiger partial charge is 0.198 e. The summed E-state index contributed by atoms with van der Waals surface area (Å²) in [6, 6.07) is 0. The van der Waals surface area contributed by atoms with Crippen molar-refractivity contribution >= 4 is 28.0 Å². The van der Waals surface area contributed by atoms with Crippen molar-refractivity contribution in [2.24, 2.45) is 29.0 Å². The lowest BCUT2D eigenvalue weighted by molar-refractivity contribution is 0.501. The Labute approximate surface area is 388 Å². The van der Waals surface area contributed by atoms with Crippen molar-refractivity contribution in [2.45, 2.75) is 292 Å². The molecule has 60 heavy (non-hydrogen) atoms. The summed E-state index contributed by atoms with van der Waals surface area (Å²) in [5.74, 6) is 3.45. The second-order valence-electron chi connectivity index (χ2n) is 18.8. The zero-order valence-electron chi connectivity index (χ0n) is 42.5. The van der Waals surface area contributed by atoms with Gasteiger partial charge in [0.1, 0.15) is 0 Å². The summed E-state index contributed by atoms with van der Waals surface area (Å²) >= 11 is 4.10. The van der Waals surface area contributed by atoms with E-state index in [1.165, 1.54) is 231 Å².